The Hall–Kier alpha value is -0.960. The van der Waals surface area contributed by atoms with E-state index < -0.39 is 22.7 Å². The van der Waals surface area contributed by atoms with Crippen molar-refractivity contribution in [2.24, 2.45) is 0 Å². The Morgan fingerprint density at radius 2 is 1.91 bits per heavy atom. The molecule has 122 valence electrons. The van der Waals surface area contributed by atoms with Crippen LogP contribution in [0.25, 0.3) is 0 Å². The minimum absolute atomic E-state index is 0.00553. The van der Waals surface area contributed by atoms with E-state index in [2.05, 4.69) is 14.5 Å². The standard InChI is InChI=1S/C14H18F3N3OS/c1-19-2-4-20(5-3-19)9-10-6-12(14(15,16)17)11-8-18-22(21)13(11)7-10/h6-7,18H,2-5,8-9H2,1H3. The number of hydrogen-bond acceptors (Lipinski definition) is 3. The quantitative estimate of drug-likeness (QED) is 0.893. The summed E-state index contributed by atoms with van der Waals surface area (Å²) in [6.07, 6.45) is -4.42. The van der Waals surface area contributed by atoms with Gasteiger partial charge >= 0.3 is 6.18 Å². The Morgan fingerprint density at radius 3 is 2.55 bits per heavy atom. The van der Waals surface area contributed by atoms with Crippen LogP contribution in [0.3, 0.4) is 0 Å². The van der Waals surface area contributed by atoms with Crippen LogP contribution in [0.1, 0.15) is 16.7 Å². The summed E-state index contributed by atoms with van der Waals surface area (Å²) in [5.41, 5.74) is 0.0353. The Balaban J connectivity index is 1.89. The molecule has 2 heterocycles. The van der Waals surface area contributed by atoms with Gasteiger partial charge in [-0.25, -0.2) is 8.93 Å². The van der Waals surface area contributed by atoms with Gasteiger partial charge < -0.3 is 4.90 Å². The lowest BCUT2D eigenvalue weighted by Crippen LogP contribution is -2.43. The maximum absolute atomic E-state index is 13.2. The van der Waals surface area contributed by atoms with Crippen molar-refractivity contribution in [1.29, 1.82) is 0 Å². The van der Waals surface area contributed by atoms with Gasteiger partial charge in [0.15, 0.2) is 0 Å². The molecule has 2 aliphatic heterocycles. The molecule has 8 heteroatoms. The van der Waals surface area contributed by atoms with Crippen LogP contribution in [0.4, 0.5) is 13.2 Å². The van der Waals surface area contributed by atoms with Crippen molar-refractivity contribution in [1.82, 2.24) is 14.5 Å². The fraction of sp³-hybridized carbons (Fsp3) is 0.571. The van der Waals surface area contributed by atoms with Gasteiger partial charge in [-0.2, -0.15) is 13.2 Å². The highest BCUT2D eigenvalue weighted by Gasteiger charge is 2.37. The van der Waals surface area contributed by atoms with Crippen molar-refractivity contribution >= 4 is 11.0 Å². The molecule has 3 rings (SSSR count). The predicted molar refractivity (Wildman–Crippen MR) is 77.5 cm³/mol. The molecule has 1 atom stereocenters. The van der Waals surface area contributed by atoms with Gasteiger partial charge in [0.05, 0.1) is 10.5 Å². The van der Waals surface area contributed by atoms with Gasteiger partial charge in [0.25, 0.3) is 0 Å². The Labute approximate surface area is 129 Å². The normalized spacial score (nSPS) is 23.7. The highest BCUT2D eigenvalue weighted by atomic mass is 32.2. The third kappa shape index (κ3) is 3.19. The first-order chi connectivity index (χ1) is 10.3. The van der Waals surface area contributed by atoms with Crippen LogP contribution in [0.5, 0.6) is 0 Å². The summed E-state index contributed by atoms with van der Waals surface area (Å²) in [5, 5.41) is 0. The minimum Gasteiger partial charge on any atom is -0.304 e. The van der Waals surface area contributed by atoms with E-state index in [1.54, 1.807) is 6.07 Å². The highest BCUT2D eigenvalue weighted by molar-refractivity contribution is 7.83. The first kappa shape index (κ1) is 15.9. The van der Waals surface area contributed by atoms with E-state index >= 15 is 0 Å². The Bertz CT molecular complexity index is 598. The number of hydrogen-bond donors (Lipinski definition) is 1. The molecule has 22 heavy (non-hydrogen) atoms. The molecule has 2 aliphatic rings. The second-order valence-corrected chi connectivity index (χ2v) is 7.05. The molecular weight excluding hydrogens is 315 g/mol. The van der Waals surface area contributed by atoms with Crippen molar-refractivity contribution < 1.29 is 17.4 Å². The number of halogens is 3. The molecule has 0 radical (unpaired) electrons. The van der Waals surface area contributed by atoms with Gasteiger partial charge in [0.1, 0.15) is 11.0 Å². The number of fused-ring (bicyclic) bond motifs is 1. The topological polar surface area (TPSA) is 35.6 Å². The number of likely N-dealkylation sites (N-methyl/N-ethyl adjacent to an activating group) is 1. The van der Waals surface area contributed by atoms with Crippen LogP contribution in [-0.2, 0) is 30.3 Å². The molecule has 1 fully saturated rings. The predicted octanol–water partition coefficient (Wildman–Crippen LogP) is 1.58. The van der Waals surface area contributed by atoms with E-state index in [0.29, 0.717) is 12.1 Å². The zero-order valence-electron chi connectivity index (χ0n) is 12.2. The molecular formula is C14H18F3N3OS. The molecule has 0 aliphatic carbocycles. The lowest BCUT2D eigenvalue weighted by Gasteiger charge is -2.32. The Kier molecular flexibility index (Phi) is 4.28. The maximum Gasteiger partial charge on any atom is 0.416 e. The summed E-state index contributed by atoms with van der Waals surface area (Å²) in [5.74, 6) is 0. The van der Waals surface area contributed by atoms with Crippen molar-refractivity contribution in [2.75, 3.05) is 33.2 Å². The minimum atomic E-state index is -4.42. The first-order valence-corrected chi connectivity index (χ1v) is 8.29. The summed E-state index contributed by atoms with van der Waals surface area (Å²) < 4.78 is 54.1. The van der Waals surface area contributed by atoms with Crippen molar-refractivity contribution in [2.45, 2.75) is 24.2 Å². The van der Waals surface area contributed by atoms with Gasteiger partial charge in [-0.1, -0.05) is 0 Å². The fourth-order valence-electron chi connectivity index (χ4n) is 2.87. The van der Waals surface area contributed by atoms with E-state index in [9.17, 15) is 17.4 Å². The molecule has 1 unspecified atom stereocenters. The van der Waals surface area contributed by atoms with Crippen molar-refractivity contribution in [3.05, 3.63) is 28.8 Å². The number of benzene rings is 1. The van der Waals surface area contributed by atoms with Crippen LogP contribution in [0, 0.1) is 0 Å². The summed E-state index contributed by atoms with van der Waals surface area (Å²) in [7, 11) is 0.489. The maximum atomic E-state index is 13.2. The molecule has 0 bridgehead atoms. The highest BCUT2D eigenvalue weighted by Crippen LogP contribution is 2.37. The number of rotatable bonds is 2. The fourth-order valence-corrected chi connectivity index (χ4v) is 3.97. The molecule has 0 aromatic heterocycles. The van der Waals surface area contributed by atoms with Gasteiger partial charge in [-0.15, -0.1) is 0 Å². The van der Waals surface area contributed by atoms with Crippen molar-refractivity contribution in [3.8, 4) is 0 Å². The number of alkyl halides is 3. The largest absolute Gasteiger partial charge is 0.416 e. The van der Waals surface area contributed by atoms with Crippen LogP contribution < -0.4 is 4.72 Å². The molecule has 1 aromatic carbocycles. The summed E-state index contributed by atoms with van der Waals surface area (Å²) in [6.45, 7) is 3.94. The van der Waals surface area contributed by atoms with Gasteiger partial charge in [-0.3, -0.25) is 4.90 Å². The van der Waals surface area contributed by atoms with E-state index in [1.165, 1.54) is 6.07 Å². The average Bonchev–Trinajstić information content (AvgIpc) is 2.81. The van der Waals surface area contributed by atoms with E-state index in [0.717, 1.165) is 26.2 Å². The molecule has 1 saturated heterocycles. The van der Waals surface area contributed by atoms with Crippen molar-refractivity contribution in [3.63, 3.8) is 0 Å². The lowest BCUT2D eigenvalue weighted by atomic mass is 10.0. The smallest absolute Gasteiger partial charge is 0.304 e. The molecule has 0 saturated carbocycles. The van der Waals surface area contributed by atoms with Crippen LogP contribution in [0.2, 0.25) is 0 Å². The van der Waals surface area contributed by atoms with Gasteiger partial charge in [0.2, 0.25) is 0 Å². The number of nitrogens with zero attached hydrogens (tertiary/aromatic N) is 2. The summed E-state index contributed by atoms with van der Waals surface area (Å²) in [6, 6.07) is 2.86. The zero-order valence-corrected chi connectivity index (χ0v) is 13.1. The van der Waals surface area contributed by atoms with E-state index in [1.807, 2.05) is 7.05 Å². The first-order valence-electron chi connectivity index (χ1n) is 7.14. The van der Waals surface area contributed by atoms with E-state index in [4.69, 9.17) is 0 Å². The Morgan fingerprint density at radius 1 is 1.23 bits per heavy atom. The van der Waals surface area contributed by atoms with Gasteiger partial charge in [0, 0.05) is 39.3 Å². The van der Waals surface area contributed by atoms with E-state index in [-0.39, 0.29) is 17.0 Å². The third-order valence-corrected chi connectivity index (χ3v) is 5.33. The zero-order chi connectivity index (χ0) is 15.9. The van der Waals surface area contributed by atoms with Crippen LogP contribution in [0.15, 0.2) is 17.0 Å². The van der Waals surface area contributed by atoms with Crippen LogP contribution in [-0.4, -0.2) is 47.2 Å². The molecule has 1 aromatic rings. The number of nitrogens with one attached hydrogen (secondary N) is 1. The summed E-state index contributed by atoms with van der Waals surface area (Å²) >= 11 is 0. The van der Waals surface area contributed by atoms with Crippen LogP contribution >= 0.6 is 0 Å². The third-order valence-electron chi connectivity index (χ3n) is 4.16. The number of piperazine rings is 1. The molecule has 4 nitrogen and oxygen atoms in total. The molecule has 0 spiro atoms. The monoisotopic (exact) mass is 333 g/mol. The lowest BCUT2D eigenvalue weighted by molar-refractivity contribution is -0.138. The second kappa shape index (κ2) is 5.92. The second-order valence-electron chi connectivity index (χ2n) is 5.79. The SMILES string of the molecule is CN1CCN(Cc2cc3c(c(C(F)(F)F)c2)CNS3=O)CC1. The van der Waals surface area contributed by atoms with Gasteiger partial charge in [-0.05, 0) is 30.3 Å². The molecule has 1 N–H and O–H groups in total. The summed E-state index contributed by atoms with van der Waals surface area (Å²) in [4.78, 5) is 4.60. The average molecular weight is 333 g/mol. The molecule has 0 amide bonds.